The molecule has 1 saturated heterocycles. The van der Waals surface area contributed by atoms with Crippen LogP contribution >= 0.6 is 23.5 Å². The van der Waals surface area contributed by atoms with Crippen LogP contribution in [0.3, 0.4) is 0 Å². The van der Waals surface area contributed by atoms with Crippen LogP contribution in [0, 0.1) is 0 Å². The van der Waals surface area contributed by atoms with E-state index in [4.69, 9.17) is 0 Å². The van der Waals surface area contributed by atoms with Gasteiger partial charge >= 0.3 is 6.09 Å². The number of benzene rings is 2. The second-order valence-electron chi connectivity index (χ2n) is 6.76. The standard InChI is InChI=1S/C21H22N4O4S2/c1-24(2)12-18(26)22-16-10-9-15(31-14-7-5-4-6-8-14)11-17(16)25-19(27)13-30-20(25)23-21(28)29-3/h4-11H,12-13H2,1-3H3,(H,22,26)/b23-20+. The predicted molar refractivity (Wildman–Crippen MR) is 124 cm³/mol. The number of amides is 3. The molecule has 0 bridgehead atoms. The minimum absolute atomic E-state index is 0.136. The minimum atomic E-state index is -0.796. The van der Waals surface area contributed by atoms with Gasteiger partial charge in [-0.05, 0) is 44.4 Å². The van der Waals surface area contributed by atoms with Crippen molar-refractivity contribution in [3.8, 4) is 0 Å². The Balaban J connectivity index is 2.01. The molecule has 0 saturated carbocycles. The summed E-state index contributed by atoms with van der Waals surface area (Å²) in [4.78, 5) is 45.6. The highest BCUT2D eigenvalue weighted by atomic mass is 32.2. The molecule has 1 N–H and O–H groups in total. The zero-order valence-electron chi connectivity index (χ0n) is 17.3. The lowest BCUT2D eigenvalue weighted by atomic mass is 10.2. The Morgan fingerprint density at radius 1 is 1.19 bits per heavy atom. The fourth-order valence-electron chi connectivity index (χ4n) is 2.77. The van der Waals surface area contributed by atoms with Crippen LogP contribution in [-0.4, -0.2) is 61.5 Å². The number of anilines is 2. The van der Waals surface area contributed by atoms with Gasteiger partial charge in [0.15, 0.2) is 5.17 Å². The van der Waals surface area contributed by atoms with Crippen molar-refractivity contribution in [3.05, 3.63) is 48.5 Å². The molecule has 1 aliphatic heterocycles. The van der Waals surface area contributed by atoms with Crippen molar-refractivity contribution in [2.24, 2.45) is 4.99 Å². The molecule has 1 fully saturated rings. The molecule has 0 spiro atoms. The first-order chi connectivity index (χ1) is 14.9. The molecule has 2 aromatic carbocycles. The highest BCUT2D eigenvalue weighted by Gasteiger charge is 2.32. The first-order valence-electron chi connectivity index (χ1n) is 9.31. The van der Waals surface area contributed by atoms with Crippen LogP contribution in [0.1, 0.15) is 0 Å². The quantitative estimate of drug-likeness (QED) is 0.708. The number of aliphatic imine (C=N–C) groups is 1. The summed E-state index contributed by atoms with van der Waals surface area (Å²) in [6.07, 6.45) is -0.796. The number of ether oxygens (including phenoxy) is 1. The van der Waals surface area contributed by atoms with Gasteiger partial charge in [0.1, 0.15) is 0 Å². The number of carbonyl (C=O) groups excluding carboxylic acids is 3. The largest absolute Gasteiger partial charge is 0.451 e. The van der Waals surface area contributed by atoms with E-state index in [1.807, 2.05) is 36.4 Å². The maximum atomic E-state index is 12.7. The number of methoxy groups -OCH3 is 1. The number of amidine groups is 1. The van der Waals surface area contributed by atoms with Crippen molar-refractivity contribution in [1.29, 1.82) is 0 Å². The smallest absolute Gasteiger partial charge is 0.435 e. The van der Waals surface area contributed by atoms with Gasteiger partial charge in [0.2, 0.25) is 11.8 Å². The van der Waals surface area contributed by atoms with Crippen LogP contribution in [0.25, 0.3) is 0 Å². The SMILES string of the molecule is COC(=O)/N=C1/SCC(=O)N1c1cc(Sc2ccccc2)ccc1NC(=O)CN(C)C. The normalized spacial score (nSPS) is 14.9. The summed E-state index contributed by atoms with van der Waals surface area (Å²) < 4.78 is 4.62. The van der Waals surface area contributed by atoms with Gasteiger partial charge in [-0.15, -0.1) is 0 Å². The highest BCUT2D eigenvalue weighted by Crippen LogP contribution is 2.38. The van der Waals surface area contributed by atoms with E-state index in [9.17, 15) is 14.4 Å². The van der Waals surface area contributed by atoms with Crippen LogP contribution in [0.2, 0.25) is 0 Å². The number of nitrogens with one attached hydrogen (secondary N) is 1. The van der Waals surface area contributed by atoms with Gasteiger partial charge in [-0.1, -0.05) is 41.7 Å². The van der Waals surface area contributed by atoms with E-state index in [1.165, 1.54) is 23.8 Å². The molecular formula is C21H22N4O4S2. The Morgan fingerprint density at radius 3 is 2.61 bits per heavy atom. The molecule has 0 unspecified atom stereocenters. The summed E-state index contributed by atoms with van der Waals surface area (Å²) in [6.45, 7) is 0.186. The summed E-state index contributed by atoms with van der Waals surface area (Å²) >= 11 is 2.67. The van der Waals surface area contributed by atoms with Crippen LogP contribution < -0.4 is 10.2 Å². The molecule has 0 radical (unpaired) electrons. The molecule has 31 heavy (non-hydrogen) atoms. The third kappa shape index (κ3) is 6.09. The molecule has 162 valence electrons. The van der Waals surface area contributed by atoms with E-state index in [-0.39, 0.29) is 29.3 Å². The van der Waals surface area contributed by atoms with E-state index >= 15 is 0 Å². The van der Waals surface area contributed by atoms with Crippen LogP contribution in [-0.2, 0) is 14.3 Å². The Hall–Kier alpha value is -2.82. The Labute approximate surface area is 189 Å². The lowest BCUT2D eigenvalue weighted by Gasteiger charge is -2.21. The van der Waals surface area contributed by atoms with Crippen LogP contribution in [0.4, 0.5) is 16.2 Å². The van der Waals surface area contributed by atoms with E-state index < -0.39 is 6.09 Å². The van der Waals surface area contributed by atoms with Gasteiger partial charge in [0.25, 0.3) is 0 Å². The predicted octanol–water partition coefficient (Wildman–Crippen LogP) is 3.54. The van der Waals surface area contributed by atoms with Crippen LogP contribution in [0.5, 0.6) is 0 Å². The van der Waals surface area contributed by atoms with Crippen molar-refractivity contribution >= 4 is 58.0 Å². The lowest BCUT2D eigenvalue weighted by Crippen LogP contribution is -2.32. The number of rotatable bonds is 6. The van der Waals surface area contributed by atoms with E-state index in [0.29, 0.717) is 11.4 Å². The molecule has 8 nitrogen and oxygen atoms in total. The second-order valence-corrected chi connectivity index (χ2v) is 8.85. The van der Waals surface area contributed by atoms with Gasteiger partial charge in [0.05, 0.1) is 30.8 Å². The zero-order valence-corrected chi connectivity index (χ0v) is 19.0. The summed E-state index contributed by atoms with van der Waals surface area (Å²) in [5, 5.41) is 3.06. The molecule has 0 atom stereocenters. The molecule has 10 heteroatoms. The van der Waals surface area contributed by atoms with Crippen molar-refractivity contribution in [2.75, 3.05) is 43.7 Å². The van der Waals surface area contributed by atoms with Crippen molar-refractivity contribution in [3.63, 3.8) is 0 Å². The number of nitrogens with zero attached hydrogens (tertiary/aromatic N) is 3. The Morgan fingerprint density at radius 2 is 1.94 bits per heavy atom. The highest BCUT2D eigenvalue weighted by molar-refractivity contribution is 8.15. The van der Waals surface area contributed by atoms with Gasteiger partial charge in [-0.2, -0.15) is 4.99 Å². The molecule has 0 aliphatic carbocycles. The molecule has 1 heterocycles. The van der Waals surface area contributed by atoms with Gasteiger partial charge < -0.3 is 15.0 Å². The average Bonchev–Trinajstić information content (AvgIpc) is 3.09. The maximum absolute atomic E-state index is 12.7. The number of hydrogen-bond donors (Lipinski definition) is 1. The molecule has 2 aromatic rings. The van der Waals surface area contributed by atoms with E-state index in [2.05, 4.69) is 15.0 Å². The van der Waals surface area contributed by atoms with Gasteiger partial charge in [0, 0.05) is 9.79 Å². The first kappa shape index (κ1) is 22.9. The maximum Gasteiger partial charge on any atom is 0.435 e. The summed E-state index contributed by atoms with van der Waals surface area (Å²) in [7, 11) is 4.81. The fraction of sp³-hybridized carbons (Fsp3) is 0.238. The van der Waals surface area contributed by atoms with Crippen molar-refractivity contribution in [1.82, 2.24) is 4.90 Å². The summed E-state index contributed by atoms with van der Waals surface area (Å²) in [5.41, 5.74) is 0.906. The number of thioether (sulfide) groups is 1. The van der Waals surface area contributed by atoms with Gasteiger partial charge in [-0.25, -0.2) is 4.79 Å². The molecule has 1 aliphatic rings. The third-order valence-corrected chi connectivity index (χ3v) is 5.97. The Bertz CT molecular complexity index is 1010. The number of carbonyl (C=O) groups is 3. The minimum Gasteiger partial charge on any atom is -0.451 e. The van der Waals surface area contributed by atoms with Crippen molar-refractivity contribution < 1.29 is 19.1 Å². The second kappa shape index (κ2) is 10.5. The molecule has 3 rings (SSSR count). The fourth-order valence-corrected chi connectivity index (χ4v) is 4.49. The zero-order chi connectivity index (χ0) is 22.4. The van der Waals surface area contributed by atoms with Gasteiger partial charge in [-0.3, -0.25) is 14.5 Å². The summed E-state index contributed by atoms with van der Waals surface area (Å²) in [5.74, 6) is -0.324. The third-order valence-electron chi connectivity index (χ3n) is 4.05. The average molecular weight is 459 g/mol. The summed E-state index contributed by atoms with van der Waals surface area (Å²) in [6, 6.07) is 15.2. The monoisotopic (exact) mass is 458 g/mol. The number of hydrogen-bond acceptors (Lipinski definition) is 7. The van der Waals surface area contributed by atoms with E-state index in [0.717, 1.165) is 21.6 Å². The van der Waals surface area contributed by atoms with Crippen molar-refractivity contribution in [2.45, 2.75) is 9.79 Å². The molecular weight excluding hydrogens is 436 g/mol. The Kier molecular flexibility index (Phi) is 7.72. The van der Waals surface area contributed by atoms with E-state index in [1.54, 1.807) is 31.1 Å². The molecule has 3 amide bonds. The first-order valence-corrected chi connectivity index (χ1v) is 11.1. The molecule has 0 aromatic heterocycles. The lowest BCUT2D eigenvalue weighted by molar-refractivity contribution is -0.117. The van der Waals surface area contributed by atoms with Crippen LogP contribution in [0.15, 0.2) is 63.3 Å². The number of likely N-dealkylation sites (N-methyl/N-ethyl adjacent to an activating group) is 1. The topological polar surface area (TPSA) is 91.3 Å².